The van der Waals surface area contributed by atoms with Gasteiger partial charge in [0.25, 0.3) is 0 Å². The minimum Gasteiger partial charge on any atom is -0.370 e. The molecule has 0 aromatic carbocycles. The van der Waals surface area contributed by atoms with Gasteiger partial charge in [-0.2, -0.15) is 4.31 Å². The third-order valence-electron chi connectivity index (χ3n) is 2.99. The van der Waals surface area contributed by atoms with E-state index in [1.165, 1.54) is 16.6 Å². The van der Waals surface area contributed by atoms with Crippen LogP contribution in [-0.2, 0) is 16.6 Å². The molecule has 2 aromatic heterocycles. The van der Waals surface area contributed by atoms with Gasteiger partial charge in [0.2, 0.25) is 10.0 Å². The van der Waals surface area contributed by atoms with Crippen LogP contribution in [-0.4, -0.2) is 30.8 Å². The molecule has 21 heavy (non-hydrogen) atoms. The second kappa shape index (κ2) is 7.02. The van der Waals surface area contributed by atoms with Gasteiger partial charge >= 0.3 is 0 Å². The minimum atomic E-state index is -3.51. The highest BCUT2D eigenvalue weighted by Gasteiger charge is 2.24. The molecule has 0 aliphatic rings. The molecule has 0 aliphatic carbocycles. The van der Waals surface area contributed by atoms with Gasteiger partial charge < -0.3 is 5.32 Å². The van der Waals surface area contributed by atoms with E-state index in [0.29, 0.717) is 25.5 Å². The molecule has 0 atom stereocenters. The first-order valence-electron chi connectivity index (χ1n) is 6.80. The molecule has 0 aliphatic heterocycles. The third kappa shape index (κ3) is 3.81. The fourth-order valence-corrected chi connectivity index (χ4v) is 4.18. The maximum Gasteiger partial charge on any atom is 0.243 e. The van der Waals surface area contributed by atoms with E-state index in [4.69, 9.17) is 0 Å². The van der Waals surface area contributed by atoms with Crippen molar-refractivity contribution in [1.82, 2.24) is 9.29 Å². The Kier molecular flexibility index (Phi) is 5.33. The summed E-state index contributed by atoms with van der Waals surface area (Å²) in [5, 5.41) is 4.98. The topological polar surface area (TPSA) is 62.3 Å². The van der Waals surface area contributed by atoms with Crippen molar-refractivity contribution in [3.8, 4) is 0 Å². The Morgan fingerprint density at radius 3 is 2.76 bits per heavy atom. The van der Waals surface area contributed by atoms with Crippen LogP contribution in [0.25, 0.3) is 0 Å². The lowest BCUT2D eigenvalue weighted by Gasteiger charge is -2.20. The zero-order chi connectivity index (χ0) is 15.3. The highest BCUT2D eigenvalue weighted by atomic mass is 32.2. The first-order chi connectivity index (χ1) is 10.1. The van der Waals surface area contributed by atoms with Crippen molar-refractivity contribution in [3.63, 3.8) is 0 Å². The number of rotatable bonds is 7. The van der Waals surface area contributed by atoms with Crippen LogP contribution in [0.5, 0.6) is 0 Å². The standard InChI is InChI=1S/C14H19N3O2S2/c1-3-15-14-10-13(7-8-16-14)21(18,19)17(4-2)11-12-6-5-9-20-12/h5-10H,3-4,11H2,1-2H3,(H,15,16). The van der Waals surface area contributed by atoms with Crippen LogP contribution in [0.3, 0.4) is 0 Å². The Balaban J connectivity index is 2.28. The molecule has 0 fully saturated rings. The summed E-state index contributed by atoms with van der Waals surface area (Å²) < 4.78 is 26.9. The van der Waals surface area contributed by atoms with Gasteiger partial charge in [-0.25, -0.2) is 13.4 Å². The van der Waals surface area contributed by atoms with Gasteiger partial charge in [-0.15, -0.1) is 11.3 Å². The zero-order valence-electron chi connectivity index (χ0n) is 12.1. The number of nitrogens with one attached hydrogen (secondary N) is 1. The molecule has 0 saturated heterocycles. The Hall–Kier alpha value is -1.44. The summed E-state index contributed by atoms with van der Waals surface area (Å²) in [5.74, 6) is 0.575. The highest BCUT2D eigenvalue weighted by Crippen LogP contribution is 2.21. The number of sulfonamides is 1. The van der Waals surface area contributed by atoms with Crippen molar-refractivity contribution in [3.05, 3.63) is 40.7 Å². The molecule has 0 spiro atoms. The lowest BCUT2D eigenvalue weighted by Crippen LogP contribution is -2.30. The summed E-state index contributed by atoms with van der Waals surface area (Å²) in [6.45, 7) is 5.31. The van der Waals surface area contributed by atoms with Gasteiger partial charge in [-0.1, -0.05) is 13.0 Å². The van der Waals surface area contributed by atoms with Gasteiger partial charge in [-0.05, 0) is 24.4 Å². The summed E-state index contributed by atoms with van der Waals surface area (Å²) >= 11 is 1.56. The highest BCUT2D eigenvalue weighted by molar-refractivity contribution is 7.89. The van der Waals surface area contributed by atoms with Crippen LogP contribution in [0.2, 0.25) is 0 Å². The van der Waals surface area contributed by atoms with E-state index in [2.05, 4.69) is 10.3 Å². The second-order valence-corrected chi connectivity index (χ2v) is 7.39. The van der Waals surface area contributed by atoms with Crippen molar-refractivity contribution in [1.29, 1.82) is 0 Å². The molecule has 2 aromatic rings. The quantitative estimate of drug-likeness (QED) is 0.850. The number of hydrogen-bond acceptors (Lipinski definition) is 5. The van der Waals surface area contributed by atoms with Crippen LogP contribution in [0.4, 0.5) is 5.82 Å². The first-order valence-corrected chi connectivity index (χ1v) is 9.12. The number of nitrogens with zero attached hydrogens (tertiary/aromatic N) is 2. The van der Waals surface area contributed by atoms with Crippen LogP contribution >= 0.6 is 11.3 Å². The van der Waals surface area contributed by atoms with Crippen molar-refractivity contribution in [2.45, 2.75) is 25.3 Å². The summed E-state index contributed by atoms with van der Waals surface area (Å²) in [4.78, 5) is 5.41. The first kappa shape index (κ1) is 15.9. The molecule has 0 amide bonds. The van der Waals surface area contributed by atoms with Gasteiger partial charge in [-0.3, -0.25) is 0 Å². The summed E-state index contributed by atoms with van der Waals surface area (Å²) in [5.41, 5.74) is 0. The average Bonchev–Trinajstić information content (AvgIpc) is 2.98. The Morgan fingerprint density at radius 2 is 2.14 bits per heavy atom. The molecular formula is C14H19N3O2S2. The second-order valence-electron chi connectivity index (χ2n) is 4.42. The number of aromatic nitrogens is 1. The van der Waals surface area contributed by atoms with Gasteiger partial charge in [0.15, 0.2) is 0 Å². The molecular weight excluding hydrogens is 306 g/mol. The van der Waals surface area contributed by atoms with E-state index < -0.39 is 10.0 Å². The van der Waals surface area contributed by atoms with Crippen molar-refractivity contribution in [2.24, 2.45) is 0 Å². The van der Waals surface area contributed by atoms with E-state index in [-0.39, 0.29) is 4.90 Å². The van der Waals surface area contributed by atoms with Gasteiger partial charge in [0, 0.05) is 36.8 Å². The largest absolute Gasteiger partial charge is 0.370 e. The van der Waals surface area contributed by atoms with Gasteiger partial charge in [0.05, 0.1) is 4.90 Å². The van der Waals surface area contributed by atoms with Crippen LogP contribution in [0, 0.1) is 0 Å². The number of thiophene rings is 1. The van der Waals surface area contributed by atoms with Crippen LogP contribution < -0.4 is 5.32 Å². The predicted molar refractivity (Wildman–Crippen MR) is 86.0 cm³/mol. The molecule has 114 valence electrons. The summed E-state index contributed by atoms with van der Waals surface area (Å²) in [7, 11) is -3.51. The number of pyridine rings is 1. The molecule has 0 radical (unpaired) electrons. The monoisotopic (exact) mass is 325 g/mol. The average molecular weight is 325 g/mol. The van der Waals surface area contributed by atoms with E-state index in [0.717, 1.165) is 4.88 Å². The summed E-state index contributed by atoms with van der Waals surface area (Å²) in [6, 6.07) is 6.98. The van der Waals surface area contributed by atoms with E-state index >= 15 is 0 Å². The van der Waals surface area contributed by atoms with Crippen molar-refractivity contribution >= 4 is 27.2 Å². The molecule has 2 rings (SSSR count). The smallest absolute Gasteiger partial charge is 0.243 e. The molecule has 1 N–H and O–H groups in total. The number of hydrogen-bond donors (Lipinski definition) is 1. The lowest BCUT2D eigenvalue weighted by atomic mass is 10.4. The normalized spacial score (nSPS) is 11.8. The predicted octanol–water partition coefficient (Wildman–Crippen LogP) is 2.79. The third-order valence-corrected chi connectivity index (χ3v) is 5.77. The van der Waals surface area contributed by atoms with Crippen LogP contribution in [0.1, 0.15) is 18.7 Å². The Labute approximate surface area is 129 Å². The zero-order valence-corrected chi connectivity index (χ0v) is 13.7. The van der Waals surface area contributed by atoms with E-state index in [9.17, 15) is 8.42 Å². The Bertz CT molecular complexity index is 669. The molecule has 5 nitrogen and oxygen atoms in total. The number of anilines is 1. The Morgan fingerprint density at radius 1 is 1.33 bits per heavy atom. The van der Waals surface area contributed by atoms with Crippen LogP contribution in [0.15, 0.2) is 40.7 Å². The van der Waals surface area contributed by atoms with Crippen molar-refractivity contribution < 1.29 is 8.42 Å². The summed E-state index contributed by atoms with van der Waals surface area (Å²) in [6.07, 6.45) is 1.52. The molecule has 0 saturated carbocycles. The molecule has 2 heterocycles. The minimum absolute atomic E-state index is 0.270. The van der Waals surface area contributed by atoms with Crippen molar-refractivity contribution in [2.75, 3.05) is 18.4 Å². The van der Waals surface area contributed by atoms with E-state index in [1.54, 1.807) is 17.4 Å². The van der Waals surface area contributed by atoms with E-state index in [1.807, 2.05) is 31.4 Å². The molecule has 0 unspecified atom stereocenters. The SMILES string of the molecule is CCNc1cc(S(=O)(=O)N(CC)Cc2cccs2)ccn1. The van der Waals surface area contributed by atoms with Gasteiger partial charge in [0.1, 0.15) is 5.82 Å². The fraction of sp³-hybridized carbons (Fsp3) is 0.357. The molecule has 7 heteroatoms. The molecule has 0 bridgehead atoms. The fourth-order valence-electron chi connectivity index (χ4n) is 1.94. The maximum atomic E-state index is 12.7. The maximum absolute atomic E-state index is 12.7. The lowest BCUT2D eigenvalue weighted by molar-refractivity contribution is 0.426.